The van der Waals surface area contributed by atoms with Crippen LogP contribution in [0.2, 0.25) is 0 Å². The predicted molar refractivity (Wildman–Crippen MR) is 102 cm³/mol. The highest BCUT2D eigenvalue weighted by Gasteiger charge is 2.56. The molecule has 3 aromatic rings. The lowest BCUT2D eigenvalue weighted by Crippen LogP contribution is -2.45. The van der Waals surface area contributed by atoms with Crippen LogP contribution in [0.4, 0.5) is 24.7 Å². The van der Waals surface area contributed by atoms with Gasteiger partial charge in [-0.2, -0.15) is 18.3 Å². The number of amides is 2. The fraction of sp³-hybridized carbons (Fsp3) is 0.190. The third-order valence-electron chi connectivity index (χ3n) is 5.75. The molecule has 1 spiro atoms. The standard InChI is InChI=1S/C21H15F3N4O2/c1-27-16-5-3-2-4-14(16)20(19(27)30)10-17(29)26-18-15(20)11-25-28(18)13-8-6-12(7-9-13)21(22,23)24/h2-9,11H,10H2,1H3,(H,26,29)/t20-/m0/s1. The first-order chi connectivity index (χ1) is 14.2. The molecule has 0 saturated heterocycles. The number of para-hydroxylation sites is 1. The van der Waals surface area contributed by atoms with Crippen molar-refractivity contribution in [3.8, 4) is 5.69 Å². The maximum atomic E-state index is 13.3. The van der Waals surface area contributed by atoms with Gasteiger partial charge in [0.1, 0.15) is 11.2 Å². The van der Waals surface area contributed by atoms with Gasteiger partial charge in [-0.25, -0.2) is 4.68 Å². The average molecular weight is 412 g/mol. The Morgan fingerprint density at radius 1 is 1.03 bits per heavy atom. The number of carbonyl (C=O) groups excluding carboxylic acids is 2. The summed E-state index contributed by atoms with van der Waals surface area (Å²) >= 11 is 0. The van der Waals surface area contributed by atoms with Crippen molar-refractivity contribution < 1.29 is 22.8 Å². The van der Waals surface area contributed by atoms with Gasteiger partial charge in [0.2, 0.25) is 11.8 Å². The molecule has 152 valence electrons. The molecule has 1 N–H and O–H groups in total. The molecule has 1 aromatic heterocycles. The van der Waals surface area contributed by atoms with Crippen molar-refractivity contribution in [3.63, 3.8) is 0 Å². The summed E-state index contributed by atoms with van der Waals surface area (Å²) in [7, 11) is 1.66. The number of nitrogens with one attached hydrogen (secondary N) is 1. The molecule has 0 bridgehead atoms. The quantitative estimate of drug-likeness (QED) is 0.665. The van der Waals surface area contributed by atoms with Crippen LogP contribution in [0.1, 0.15) is 23.1 Å². The van der Waals surface area contributed by atoms with Gasteiger partial charge in [-0.15, -0.1) is 0 Å². The number of alkyl halides is 3. The lowest BCUT2D eigenvalue weighted by atomic mass is 9.72. The van der Waals surface area contributed by atoms with E-state index in [1.807, 2.05) is 18.2 Å². The summed E-state index contributed by atoms with van der Waals surface area (Å²) in [5.74, 6) is -0.328. The molecule has 2 amide bonds. The van der Waals surface area contributed by atoms with E-state index in [-0.39, 0.29) is 24.1 Å². The molecular weight excluding hydrogens is 397 g/mol. The van der Waals surface area contributed by atoms with E-state index in [1.54, 1.807) is 13.1 Å². The number of rotatable bonds is 1. The molecule has 2 aromatic carbocycles. The number of likely N-dealkylation sites (N-methyl/N-ethyl adjacent to an activating group) is 1. The van der Waals surface area contributed by atoms with E-state index < -0.39 is 17.2 Å². The zero-order chi connectivity index (χ0) is 21.3. The molecule has 30 heavy (non-hydrogen) atoms. The van der Waals surface area contributed by atoms with E-state index in [2.05, 4.69) is 10.4 Å². The first-order valence-electron chi connectivity index (χ1n) is 9.17. The molecule has 2 aliphatic heterocycles. The maximum absolute atomic E-state index is 13.3. The minimum absolute atomic E-state index is 0.0705. The van der Waals surface area contributed by atoms with E-state index in [1.165, 1.54) is 27.9 Å². The molecule has 6 nitrogen and oxygen atoms in total. The minimum atomic E-state index is -4.45. The Hall–Kier alpha value is -3.62. The zero-order valence-electron chi connectivity index (χ0n) is 15.7. The van der Waals surface area contributed by atoms with Gasteiger partial charge >= 0.3 is 6.18 Å². The summed E-state index contributed by atoms with van der Waals surface area (Å²) in [6.45, 7) is 0. The Bertz CT molecular complexity index is 1200. The van der Waals surface area contributed by atoms with Gasteiger partial charge in [0.15, 0.2) is 0 Å². The fourth-order valence-electron chi connectivity index (χ4n) is 4.35. The number of benzene rings is 2. The number of fused-ring (bicyclic) bond motifs is 4. The average Bonchev–Trinajstić information content (AvgIpc) is 3.23. The molecule has 9 heteroatoms. The molecule has 0 aliphatic carbocycles. The summed E-state index contributed by atoms with van der Waals surface area (Å²) in [5.41, 5.74) is 0.283. The molecule has 2 aliphatic rings. The summed E-state index contributed by atoms with van der Waals surface area (Å²) in [4.78, 5) is 27.5. The number of anilines is 2. The van der Waals surface area contributed by atoms with E-state index in [9.17, 15) is 22.8 Å². The Morgan fingerprint density at radius 2 is 1.73 bits per heavy atom. The number of hydrogen-bond acceptors (Lipinski definition) is 3. The summed E-state index contributed by atoms with van der Waals surface area (Å²) in [6.07, 6.45) is -3.02. The molecule has 5 rings (SSSR count). The van der Waals surface area contributed by atoms with Gasteiger partial charge in [-0.05, 0) is 35.9 Å². The van der Waals surface area contributed by atoms with Crippen LogP contribution >= 0.6 is 0 Å². The van der Waals surface area contributed by atoms with Crippen LogP contribution in [-0.4, -0.2) is 28.6 Å². The molecule has 0 saturated carbocycles. The SMILES string of the molecule is CN1C(=O)[C@@]2(CC(=O)Nc3c2cnn3-c2ccc(C(F)(F)F)cc2)c2ccccc21. The van der Waals surface area contributed by atoms with E-state index in [4.69, 9.17) is 0 Å². The molecule has 0 unspecified atom stereocenters. The summed E-state index contributed by atoms with van der Waals surface area (Å²) in [5, 5.41) is 7.03. The van der Waals surface area contributed by atoms with Crippen molar-refractivity contribution in [1.82, 2.24) is 9.78 Å². The Kier molecular flexibility index (Phi) is 3.65. The van der Waals surface area contributed by atoms with Crippen molar-refractivity contribution in [2.24, 2.45) is 0 Å². The molecular formula is C21H15F3N4O2. The van der Waals surface area contributed by atoms with Gasteiger partial charge in [-0.1, -0.05) is 18.2 Å². The van der Waals surface area contributed by atoms with Crippen LogP contribution in [0.25, 0.3) is 5.69 Å². The second-order valence-electron chi connectivity index (χ2n) is 7.37. The summed E-state index contributed by atoms with van der Waals surface area (Å²) in [6, 6.07) is 11.7. The molecule has 0 radical (unpaired) electrons. The van der Waals surface area contributed by atoms with Crippen LogP contribution in [0.5, 0.6) is 0 Å². The molecule has 1 atom stereocenters. The first kappa shape index (κ1) is 18.4. The Balaban J connectivity index is 1.68. The van der Waals surface area contributed by atoms with Crippen molar-refractivity contribution in [1.29, 1.82) is 0 Å². The summed E-state index contributed by atoms with van der Waals surface area (Å²) < 4.78 is 40.0. The van der Waals surface area contributed by atoms with Crippen LogP contribution in [0.3, 0.4) is 0 Å². The second-order valence-corrected chi connectivity index (χ2v) is 7.37. The monoisotopic (exact) mass is 412 g/mol. The third-order valence-corrected chi connectivity index (χ3v) is 5.75. The highest BCUT2D eigenvalue weighted by molar-refractivity contribution is 6.15. The largest absolute Gasteiger partial charge is 0.416 e. The van der Waals surface area contributed by atoms with Crippen molar-refractivity contribution in [3.05, 3.63) is 71.4 Å². The van der Waals surface area contributed by atoms with Gasteiger partial charge < -0.3 is 10.2 Å². The molecule has 0 fully saturated rings. The number of nitrogens with zero attached hydrogens (tertiary/aromatic N) is 3. The van der Waals surface area contributed by atoms with Crippen LogP contribution in [-0.2, 0) is 21.2 Å². The van der Waals surface area contributed by atoms with Gasteiger partial charge in [0.25, 0.3) is 0 Å². The predicted octanol–water partition coefficient (Wildman–Crippen LogP) is 3.50. The van der Waals surface area contributed by atoms with Crippen molar-refractivity contribution in [2.75, 3.05) is 17.3 Å². The highest BCUT2D eigenvalue weighted by atomic mass is 19.4. The highest BCUT2D eigenvalue weighted by Crippen LogP contribution is 2.51. The van der Waals surface area contributed by atoms with E-state index in [0.29, 0.717) is 22.5 Å². The smallest absolute Gasteiger partial charge is 0.314 e. The maximum Gasteiger partial charge on any atom is 0.416 e. The number of aromatic nitrogens is 2. The topological polar surface area (TPSA) is 67.2 Å². The van der Waals surface area contributed by atoms with Crippen molar-refractivity contribution >= 4 is 23.3 Å². The van der Waals surface area contributed by atoms with E-state index >= 15 is 0 Å². The number of halogens is 3. The van der Waals surface area contributed by atoms with Crippen LogP contribution in [0.15, 0.2) is 54.7 Å². The van der Waals surface area contributed by atoms with Gasteiger partial charge in [0, 0.05) is 24.7 Å². The fourth-order valence-corrected chi connectivity index (χ4v) is 4.35. The zero-order valence-corrected chi connectivity index (χ0v) is 15.7. The first-order valence-corrected chi connectivity index (χ1v) is 9.17. The van der Waals surface area contributed by atoms with Gasteiger partial charge in [-0.3, -0.25) is 9.59 Å². The number of hydrogen-bond donors (Lipinski definition) is 1. The normalized spacial score (nSPS) is 20.3. The number of carbonyl (C=O) groups is 2. The second kappa shape index (κ2) is 5.94. The molecule has 3 heterocycles. The van der Waals surface area contributed by atoms with Gasteiger partial charge in [0.05, 0.1) is 17.4 Å². The Labute approximate surface area is 168 Å². The van der Waals surface area contributed by atoms with Crippen LogP contribution < -0.4 is 10.2 Å². The Morgan fingerprint density at radius 3 is 2.43 bits per heavy atom. The van der Waals surface area contributed by atoms with E-state index in [0.717, 1.165) is 12.1 Å². The third kappa shape index (κ3) is 2.35. The lowest BCUT2D eigenvalue weighted by Gasteiger charge is -2.32. The van der Waals surface area contributed by atoms with Crippen LogP contribution in [0, 0.1) is 0 Å². The minimum Gasteiger partial charge on any atom is -0.314 e. The van der Waals surface area contributed by atoms with Crippen molar-refractivity contribution in [2.45, 2.75) is 18.0 Å². The lowest BCUT2D eigenvalue weighted by molar-refractivity contribution is -0.137.